The van der Waals surface area contributed by atoms with E-state index >= 15 is 0 Å². The molecular formula is C27H29N5O2. The van der Waals surface area contributed by atoms with E-state index in [1.54, 1.807) is 13.3 Å². The van der Waals surface area contributed by atoms with Gasteiger partial charge >= 0.3 is 0 Å². The molecule has 1 saturated heterocycles. The van der Waals surface area contributed by atoms with Crippen LogP contribution < -0.4 is 10.1 Å². The number of carbonyl (C=O) groups is 1. The summed E-state index contributed by atoms with van der Waals surface area (Å²) in [6.45, 7) is 4.42. The minimum Gasteiger partial charge on any atom is -0.497 e. The Morgan fingerprint density at radius 2 is 1.82 bits per heavy atom. The second-order valence-corrected chi connectivity index (χ2v) is 8.81. The number of ether oxygens (including phenoxy) is 1. The van der Waals surface area contributed by atoms with E-state index in [0.717, 1.165) is 66.3 Å². The summed E-state index contributed by atoms with van der Waals surface area (Å²) in [6.07, 6.45) is 3.41. The predicted octanol–water partition coefficient (Wildman–Crippen LogP) is 4.59. The second-order valence-electron chi connectivity index (χ2n) is 8.81. The molecule has 5 rings (SSSR count). The standard InChI is InChI=1S/C27H29N5O2/c1-19-7-12-25(28-17-19)30-27(33)20-13-15-31(16-14-20)18-26-29-23-5-3-4-6-24(23)32(26)21-8-10-22(34-2)11-9-21/h3-12,17,20H,13-16,18H2,1-2H3,(H,28,30,33). The van der Waals surface area contributed by atoms with Crippen molar-refractivity contribution in [1.29, 1.82) is 0 Å². The molecule has 7 nitrogen and oxygen atoms in total. The number of para-hydroxylation sites is 2. The highest BCUT2D eigenvalue weighted by Crippen LogP contribution is 2.26. The number of pyridine rings is 1. The van der Waals surface area contributed by atoms with Gasteiger partial charge < -0.3 is 10.1 Å². The van der Waals surface area contributed by atoms with Crippen molar-refractivity contribution in [3.8, 4) is 11.4 Å². The average molecular weight is 456 g/mol. The number of nitrogens with zero attached hydrogens (tertiary/aromatic N) is 4. The molecule has 1 aliphatic heterocycles. The number of likely N-dealkylation sites (tertiary alicyclic amines) is 1. The maximum atomic E-state index is 12.7. The zero-order valence-electron chi connectivity index (χ0n) is 19.6. The number of hydrogen-bond acceptors (Lipinski definition) is 5. The van der Waals surface area contributed by atoms with E-state index in [2.05, 4.69) is 44.0 Å². The summed E-state index contributed by atoms with van der Waals surface area (Å²) in [5.74, 6) is 2.50. The smallest absolute Gasteiger partial charge is 0.228 e. The summed E-state index contributed by atoms with van der Waals surface area (Å²) < 4.78 is 7.55. The van der Waals surface area contributed by atoms with Crippen molar-refractivity contribution in [1.82, 2.24) is 19.4 Å². The third-order valence-electron chi connectivity index (χ3n) is 6.45. The van der Waals surface area contributed by atoms with Crippen molar-refractivity contribution in [3.63, 3.8) is 0 Å². The zero-order chi connectivity index (χ0) is 23.5. The molecule has 1 fully saturated rings. The number of imidazole rings is 1. The van der Waals surface area contributed by atoms with Crippen LogP contribution in [-0.4, -0.2) is 45.5 Å². The summed E-state index contributed by atoms with van der Waals surface area (Å²) in [4.78, 5) is 24.4. The highest BCUT2D eigenvalue weighted by molar-refractivity contribution is 5.91. The number of nitrogens with one attached hydrogen (secondary N) is 1. The summed E-state index contributed by atoms with van der Waals surface area (Å²) in [6, 6.07) is 20.1. The number of anilines is 1. The van der Waals surface area contributed by atoms with Crippen LogP contribution >= 0.6 is 0 Å². The van der Waals surface area contributed by atoms with Gasteiger partial charge in [-0.2, -0.15) is 0 Å². The molecule has 0 bridgehead atoms. The van der Waals surface area contributed by atoms with Gasteiger partial charge in [-0.1, -0.05) is 18.2 Å². The third-order valence-corrected chi connectivity index (χ3v) is 6.45. The van der Waals surface area contributed by atoms with Gasteiger partial charge in [-0.05, 0) is 80.9 Å². The molecule has 0 spiro atoms. The van der Waals surface area contributed by atoms with E-state index in [-0.39, 0.29) is 11.8 Å². The van der Waals surface area contributed by atoms with Crippen LogP contribution in [0.1, 0.15) is 24.2 Å². The first-order valence-corrected chi connectivity index (χ1v) is 11.7. The van der Waals surface area contributed by atoms with Gasteiger partial charge in [-0.3, -0.25) is 14.3 Å². The van der Waals surface area contributed by atoms with Crippen LogP contribution in [0.15, 0.2) is 66.9 Å². The lowest BCUT2D eigenvalue weighted by atomic mass is 9.96. The van der Waals surface area contributed by atoms with E-state index in [4.69, 9.17) is 9.72 Å². The second kappa shape index (κ2) is 9.65. The van der Waals surface area contributed by atoms with Gasteiger partial charge in [0.2, 0.25) is 5.91 Å². The molecule has 2 aromatic heterocycles. The van der Waals surface area contributed by atoms with Crippen molar-refractivity contribution in [3.05, 3.63) is 78.2 Å². The van der Waals surface area contributed by atoms with Crippen LogP contribution in [-0.2, 0) is 11.3 Å². The zero-order valence-corrected chi connectivity index (χ0v) is 19.6. The van der Waals surface area contributed by atoms with E-state index in [0.29, 0.717) is 5.82 Å². The number of carbonyl (C=O) groups excluding carboxylic acids is 1. The molecule has 1 N–H and O–H groups in total. The van der Waals surface area contributed by atoms with Crippen molar-refractivity contribution in [2.45, 2.75) is 26.3 Å². The Bertz CT molecular complexity index is 1270. The number of benzene rings is 2. The molecule has 0 radical (unpaired) electrons. The highest BCUT2D eigenvalue weighted by Gasteiger charge is 2.26. The van der Waals surface area contributed by atoms with Gasteiger partial charge in [0.1, 0.15) is 17.4 Å². The van der Waals surface area contributed by atoms with Crippen LogP contribution in [0.5, 0.6) is 5.75 Å². The largest absolute Gasteiger partial charge is 0.497 e. The molecule has 1 aliphatic rings. The van der Waals surface area contributed by atoms with Gasteiger partial charge in [-0.15, -0.1) is 0 Å². The molecule has 34 heavy (non-hydrogen) atoms. The normalized spacial score (nSPS) is 14.9. The van der Waals surface area contributed by atoms with Crippen LogP contribution in [0.2, 0.25) is 0 Å². The number of rotatable bonds is 6. The van der Waals surface area contributed by atoms with Crippen LogP contribution in [0, 0.1) is 12.8 Å². The predicted molar refractivity (Wildman–Crippen MR) is 133 cm³/mol. The first-order valence-electron chi connectivity index (χ1n) is 11.7. The van der Waals surface area contributed by atoms with Crippen molar-refractivity contribution in [2.24, 2.45) is 5.92 Å². The Balaban J connectivity index is 1.29. The number of hydrogen-bond donors (Lipinski definition) is 1. The molecule has 2 aromatic carbocycles. The fraction of sp³-hybridized carbons (Fsp3) is 0.296. The summed E-state index contributed by atoms with van der Waals surface area (Å²) in [7, 11) is 1.67. The molecule has 174 valence electrons. The van der Waals surface area contributed by atoms with Gasteiger partial charge in [-0.25, -0.2) is 9.97 Å². The lowest BCUT2D eigenvalue weighted by Crippen LogP contribution is -2.38. The molecule has 7 heteroatoms. The Labute approximate surface area is 199 Å². The fourth-order valence-electron chi connectivity index (χ4n) is 4.52. The van der Waals surface area contributed by atoms with E-state index in [1.165, 1.54) is 0 Å². The molecule has 4 aromatic rings. The fourth-order valence-corrected chi connectivity index (χ4v) is 4.52. The van der Waals surface area contributed by atoms with Crippen LogP contribution in [0.25, 0.3) is 16.7 Å². The maximum Gasteiger partial charge on any atom is 0.228 e. The van der Waals surface area contributed by atoms with Crippen LogP contribution in [0.3, 0.4) is 0 Å². The molecule has 0 saturated carbocycles. The summed E-state index contributed by atoms with van der Waals surface area (Å²) in [5, 5.41) is 2.97. The van der Waals surface area contributed by atoms with Gasteiger partial charge in [0.15, 0.2) is 0 Å². The van der Waals surface area contributed by atoms with Crippen LogP contribution in [0.4, 0.5) is 5.82 Å². The van der Waals surface area contributed by atoms with Gasteiger partial charge in [0.05, 0.1) is 24.7 Å². The first-order chi connectivity index (χ1) is 16.6. The number of methoxy groups -OCH3 is 1. The Kier molecular flexibility index (Phi) is 6.27. The minimum atomic E-state index is -0.000224. The number of amides is 1. The lowest BCUT2D eigenvalue weighted by Gasteiger charge is -2.31. The summed E-state index contributed by atoms with van der Waals surface area (Å²) in [5.41, 5.74) is 4.20. The first kappa shape index (κ1) is 22.1. The number of aromatic nitrogens is 3. The van der Waals surface area contributed by atoms with Gasteiger partial charge in [0, 0.05) is 17.8 Å². The topological polar surface area (TPSA) is 72.3 Å². The van der Waals surface area contributed by atoms with E-state index in [9.17, 15) is 4.79 Å². The molecule has 0 unspecified atom stereocenters. The Morgan fingerprint density at radius 1 is 1.06 bits per heavy atom. The van der Waals surface area contributed by atoms with Crippen molar-refractivity contribution >= 4 is 22.8 Å². The number of piperidine rings is 1. The van der Waals surface area contributed by atoms with Crippen molar-refractivity contribution < 1.29 is 9.53 Å². The van der Waals surface area contributed by atoms with Gasteiger partial charge in [0.25, 0.3) is 0 Å². The third kappa shape index (κ3) is 4.65. The number of aryl methyl sites for hydroxylation is 1. The van der Waals surface area contributed by atoms with E-state index in [1.807, 2.05) is 43.3 Å². The molecule has 0 atom stereocenters. The Hall–Kier alpha value is -3.71. The quantitative estimate of drug-likeness (QED) is 0.460. The monoisotopic (exact) mass is 455 g/mol. The van der Waals surface area contributed by atoms with Crippen molar-refractivity contribution in [2.75, 3.05) is 25.5 Å². The Morgan fingerprint density at radius 3 is 2.53 bits per heavy atom. The molecule has 1 amide bonds. The average Bonchev–Trinajstić information content (AvgIpc) is 3.23. The summed E-state index contributed by atoms with van der Waals surface area (Å²) >= 11 is 0. The number of fused-ring (bicyclic) bond motifs is 1. The molecular weight excluding hydrogens is 426 g/mol. The maximum absolute atomic E-state index is 12.7. The SMILES string of the molecule is COc1ccc(-n2c(CN3CCC(C(=O)Nc4ccc(C)cn4)CC3)nc3ccccc32)cc1. The molecule has 3 heterocycles. The molecule has 0 aliphatic carbocycles. The lowest BCUT2D eigenvalue weighted by molar-refractivity contribution is -0.121. The highest BCUT2D eigenvalue weighted by atomic mass is 16.5. The minimum absolute atomic E-state index is 0.000224. The van der Waals surface area contributed by atoms with E-state index < -0.39 is 0 Å².